The molecule has 1 aromatic carbocycles. The first-order valence-electron chi connectivity index (χ1n) is 7.52. The van der Waals surface area contributed by atoms with Crippen LogP contribution in [0.2, 0.25) is 0 Å². The maximum absolute atomic E-state index is 5.78. The molecule has 1 N–H and O–H groups in total. The number of nitrogens with zero attached hydrogens (tertiary/aromatic N) is 1. The van der Waals surface area contributed by atoms with Crippen LogP contribution in [0.5, 0.6) is 5.75 Å². The maximum Gasteiger partial charge on any atom is 0.119 e. The highest BCUT2D eigenvalue weighted by Gasteiger charge is 2.18. The lowest BCUT2D eigenvalue weighted by Crippen LogP contribution is -2.45. The summed E-state index contributed by atoms with van der Waals surface area (Å²) in [5, 5.41) is 3.43. The van der Waals surface area contributed by atoms with Crippen LogP contribution in [0, 0.1) is 0 Å². The summed E-state index contributed by atoms with van der Waals surface area (Å²) in [7, 11) is 0. The molecular formula is C16H26N2O2. The lowest BCUT2D eigenvalue weighted by Gasteiger charge is -2.32. The van der Waals surface area contributed by atoms with E-state index in [9.17, 15) is 0 Å². The van der Waals surface area contributed by atoms with Crippen LogP contribution in [-0.4, -0.2) is 49.9 Å². The van der Waals surface area contributed by atoms with Crippen molar-refractivity contribution in [3.63, 3.8) is 0 Å². The number of rotatable bonds is 6. The molecule has 20 heavy (non-hydrogen) atoms. The Kier molecular flexibility index (Phi) is 5.68. The molecule has 1 aromatic rings. The Balaban J connectivity index is 1.78. The number of hydrogen-bond donors (Lipinski definition) is 1. The van der Waals surface area contributed by atoms with Gasteiger partial charge in [0.25, 0.3) is 0 Å². The predicted octanol–water partition coefficient (Wildman–Crippen LogP) is 2.61. The lowest BCUT2D eigenvalue weighted by atomic mass is 10.2. The Morgan fingerprint density at radius 3 is 2.75 bits per heavy atom. The number of nitrogens with one attached hydrogen (secondary N) is 1. The number of hydrogen-bond acceptors (Lipinski definition) is 4. The SMILES string of the molecule is CCN1CCOC(CNc2ccc(OC(C)C)cc2)C1. The molecule has 1 heterocycles. The minimum absolute atomic E-state index is 0.212. The normalized spacial score (nSPS) is 20.1. The van der Waals surface area contributed by atoms with Crippen LogP contribution in [0.15, 0.2) is 24.3 Å². The quantitative estimate of drug-likeness (QED) is 0.867. The third-order valence-corrected chi connectivity index (χ3v) is 3.43. The molecule has 4 nitrogen and oxygen atoms in total. The van der Waals surface area contributed by atoms with Crippen molar-refractivity contribution in [2.75, 3.05) is 38.1 Å². The summed E-state index contributed by atoms with van der Waals surface area (Å²) in [6, 6.07) is 8.11. The zero-order valence-electron chi connectivity index (χ0n) is 12.8. The zero-order valence-corrected chi connectivity index (χ0v) is 12.8. The van der Waals surface area contributed by atoms with Crippen molar-refractivity contribution in [1.29, 1.82) is 0 Å². The molecule has 0 saturated carbocycles. The van der Waals surface area contributed by atoms with Gasteiger partial charge >= 0.3 is 0 Å². The number of likely N-dealkylation sites (N-methyl/N-ethyl adjacent to an activating group) is 1. The van der Waals surface area contributed by atoms with Gasteiger partial charge in [-0.3, -0.25) is 4.90 Å². The molecule has 2 rings (SSSR count). The highest BCUT2D eigenvalue weighted by atomic mass is 16.5. The van der Waals surface area contributed by atoms with Gasteiger partial charge in [0, 0.05) is 25.3 Å². The first-order valence-corrected chi connectivity index (χ1v) is 7.52. The molecule has 1 fully saturated rings. The lowest BCUT2D eigenvalue weighted by molar-refractivity contribution is -0.0191. The fraction of sp³-hybridized carbons (Fsp3) is 0.625. The molecule has 1 aliphatic rings. The van der Waals surface area contributed by atoms with Gasteiger partial charge in [0.15, 0.2) is 0 Å². The van der Waals surface area contributed by atoms with Gasteiger partial charge in [-0.25, -0.2) is 0 Å². The van der Waals surface area contributed by atoms with E-state index in [1.807, 2.05) is 26.0 Å². The smallest absolute Gasteiger partial charge is 0.119 e. The Morgan fingerprint density at radius 1 is 1.35 bits per heavy atom. The highest BCUT2D eigenvalue weighted by molar-refractivity contribution is 5.46. The van der Waals surface area contributed by atoms with E-state index in [-0.39, 0.29) is 12.2 Å². The Bertz CT molecular complexity index is 392. The first kappa shape index (κ1) is 15.1. The highest BCUT2D eigenvalue weighted by Crippen LogP contribution is 2.17. The molecule has 1 aliphatic heterocycles. The largest absolute Gasteiger partial charge is 0.491 e. The van der Waals surface area contributed by atoms with Gasteiger partial charge in [0.2, 0.25) is 0 Å². The van der Waals surface area contributed by atoms with E-state index in [2.05, 4.69) is 29.3 Å². The third-order valence-electron chi connectivity index (χ3n) is 3.43. The van der Waals surface area contributed by atoms with E-state index < -0.39 is 0 Å². The molecule has 1 saturated heterocycles. The van der Waals surface area contributed by atoms with Gasteiger partial charge in [0.1, 0.15) is 5.75 Å². The average Bonchev–Trinajstić information content (AvgIpc) is 2.46. The molecule has 0 amide bonds. The van der Waals surface area contributed by atoms with E-state index >= 15 is 0 Å². The van der Waals surface area contributed by atoms with Crippen molar-refractivity contribution in [3.05, 3.63) is 24.3 Å². The van der Waals surface area contributed by atoms with Crippen LogP contribution in [0.1, 0.15) is 20.8 Å². The summed E-state index contributed by atoms with van der Waals surface area (Å²) < 4.78 is 11.4. The monoisotopic (exact) mass is 278 g/mol. The van der Waals surface area contributed by atoms with Crippen LogP contribution in [0.25, 0.3) is 0 Å². The molecule has 0 spiro atoms. The van der Waals surface area contributed by atoms with Crippen molar-refractivity contribution in [2.24, 2.45) is 0 Å². The third kappa shape index (κ3) is 4.69. The van der Waals surface area contributed by atoms with Gasteiger partial charge < -0.3 is 14.8 Å². The predicted molar refractivity (Wildman–Crippen MR) is 82.5 cm³/mol. The van der Waals surface area contributed by atoms with E-state index in [0.29, 0.717) is 0 Å². The molecule has 0 bridgehead atoms. The molecule has 0 aromatic heterocycles. The number of morpholine rings is 1. The zero-order chi connectivity index (χ0) is 14.4. The van der Waals surface area contributed by atoms with Crippen LogP contribution in [0.3, 0.4) is 0 Å². The van der Waals surface area contributed by atoms with Crippen LogP contribution < -0.4 is 10.1 Å². The number of benzene rings is 1. The summed E-state index contributed by atoms with van der Waals surface area (Å²) in [6.07, 6.45) is 0.486. The van der Waals surface area contributed by atoms with E-state index in [0.717, 1.165) is 44.2 Å². The van der Waals surface area contributed by atoms with Crippen LogP contribution in [0.4, 0.5) is 5.69 Å². The van der Waals surface area contributed by atoms with Gasteiger partial charge in [0.05, 0.1) is 18.8 Å². The van der Waals surface area contributed by atoms with Gasteiger partial charge in [-0.05, 0) is 44.7 Å². The molecule has 1 unspecified atom stereocenters. The minimum atomic E-state index is 0.212. The van der Waals surface area contributed by atoms with Crippen molar-refractivity contribution in [3.8, 4) is 5.75 Å². The van der Waals surface area contributed by atoms with Crippen LogP contribution in [-0.2, 0) is 4.74 Å². The summed E-state index contributed by atoms with van der Waals surface area (Å²) in [5.74, 6) is 0.914. The van der Waals surface area contributed by atoms with E-state index in [1.165, 1.54) is 0 Å². The molecule has 1 atom stereocenters. The minimum Gasteiger partial charge on any atom is -0.491 e. The Morgan fingerprint density at radius 2 is 2.10 bits per heavy atom. The fourth-order valence-corrected chi connectivity index (χ4v) is 2.35. The molecule has 0 radical (unpaired) electrons. The Hall–Kier alpha value is -1.26. The molecular weight excluding hydrogens is 252 g/mol. The van der Waals surface area contributed by atoms with Gasteiger partial charge in [-0.1, -0.05) is 6.92 Å². The summed E-state index contributed by atoms with van der Waals surface area (Å²) >= 11 is 0. The second-order valence-electron chi connectivity index (χ2n) is 5.46. The topological polar surface area (TPSA) is 33.7 Å². The maximum atomic E-state index is 5.78. The molecule has 112 valence electrons. The summed E-state index contributed by atoms with van der Waals surface area (Å²) in [6.45, 7) is 11.1. The van der Waals surface area contributed by atoms with Gasteiger partial charge in [-0.2, -0.15) is 0 Å². The first-order chi connectivity index (χ1) is 9.67. The van der Waals surface area contributed by atoms with Gasteiger partial charge in [-0.15, -0.1) is 0 Å². The summed E-state index contributed by atoms with van der Waals surface area (Å²) in [5.41, 5.74) is 1.11. The Labute approximate surface area is 122 Å². The number of ether oxygens (including phenoxy) is 2. The molecule has 0 aliphatic carbocycles. The van der Waals surface area contributed by atoms with Crippen molar-refractivity contribution in [1.82, 2.24) is 4.90 Å². The van der Waals surface area contributed by atoms with Crippen molar-refractivity contribution < 1.29 is 9.47 Å². The average molecular weight is 278 g/mol. The van der Waals surface area contributed by atoms with E-state index in [1.54, 1.807) is 0 Å². The standard InChI is InChI=1S/C16H26N2O2/c1-4-18-9-10-19-16(12-18)11-17-14-5-7-15(8-6-14)20-13(2)3/h5-8,13,16-17H,4,9-12H2,1-3H3. The fourth-order valence-electron chi connectivity index (χ4n) is 2.35. The second kappa shape index (κ2) is 7.50. The summed E-state index contributed by atoms with van der Waals surface area (Å²) in [4.78, 5) is 2.43. The van der Waals surface area contributed by atoms with Crippen molar-refractivity contribution >= 4 is 5.69 Å². The number of anilines is 1. The second-order valence-corrected chi connectivity index (χ2v) is 5.46. The molecule has 4 heteroatoms. The van der Waals surface area contributed by atoms with E-state index in [4.69, 9.17) is 9.47 Å². The van der Waals surface area contributed by atoms with Crippen LogP contribution >= 0.6 is 0 Å². The van der Waals surface area contributed by atoms with Crippen molar-refractivity contribution in [2.45, 2.75) is 33.0 Å².